The molecule has 0 aliphatic carbocycles. The van der Waals surface area contributed by atoms with Crippen LogP contribution in [-0.4, -0.2) is 40.5 Å². The van der Waals surface area contributed by atoms with Crippen LogP contribution < -0.4 is 15.9 Å². The Labute approximate surface area is 195 Å². The van der Waals surface area contributed by atoms with Gasteiger partial charge in [-0.25, -0.2) is 9.18 Å². The standard InChI is InChI=1S/C24H26ClFN2O5/c1-13(2)20(12-29)28-11-17(24(31)32)23(30)16-9-15(21(10-19(16)28)33-7-6-27)8-14-4-3-5-18(25)22(14)26/h3-5,9-11,13,20,29H,6-8,12,27H2,1-2H3,(H,31,32)/t20-/m1/s1. The fraction of sp³-hybridized carbons (Fsp3) is 0.333. The number of fused-ring (bicyclic) bond motifs is 1. The summed E-state index contributed by atoms with van der Waals surface area (Å²) in [6.07, 6.45) is 1.31. The number of carbonyl (C=O) groups is 1. The van der Waals surface area contributed by atoms with Gasteiger partial charge in [0.1, 0.15) is 23.7 Å². The van der Waals surface area contributed by atoms with Gasteiger partial charge in [-0.3, -0.25) is 4.79 Å². The first kappa shape index (κ1) is 24.7. The maximum Gasteiger partial charge on any atom is 0.341 e. The number of nitrogens with zero attached hydrogens (tertiary/aromatic N) is 1. The predicted molar refractivity (Wildman–Crippen MR) is 125 cm³/mol. The summed E-state index contributed by atoms with van der Waals surface area (Å²) < 4.78 is 22.0. The van der Waals surface area contributed by atoms with Crippen LogP contribution in [0.2, 0.25) is 5.02 Å². The normalized spacial score (nSPS) is 12.3. The Morgan fingerprint density at radius 2 is 2.00 bits per heavy atom. The van der Waals surface area contributed by atoms with Gasteiger partial charge >= 0.3 is 5.97 Å². The molecule has 1 heterocycles. The molecule has 1 atom stereocenters. The minimum atomic E-state index is -1.37. The highest BCUT2D eigenvalue weighted by Gasteiger charge is 2.23. The summed E-state index contributed by atoms with van der Waals surface area (Å²) in [5.41, 5.74) is 5.68. The number of aliphatic hydroxyl groups is 1. The number of aromatic carboxylic acids is 1. The molecule has 33 heavy (non-hydrogen) atoms. The van der Waals surface area contributed by atoms with Crippen molar-refractivity contribution in [1.29, 1.82) is 0 Å². The number of hydrogen-bond acceptors (Lipinski definition) is 5. The lowest BCUT2D eigenvalue weighted by molar-refractivity contribution is 0.0694. The van der Waals surface area contributed by atoms with Crippen LogP contribution in [-0.2, 0) is 6.42 Å². The van der Waals surface area contributed by atoms with E-state index >= 15 is 0 Å². The predicted octanol–water partition coefficient (Wildman–Crippen LogP) is 3.61. The number of ether oxygens (including phenoxy) is 1. The molecule has 2 aromatic carbocycles. The van der Waals surface area contributed by atoms with Crippen molar-refractivity contribution in [3.63, 3.8) is 0 Å². The highest BCUT2D eigenvalue weighted by molar-refractivity contribution is 6.30. The van der Waals surface area contributed by atoms with Gasteiger partial charge < -0.3 is 25.3 Å². The van der Waals surface area contributed by atoms with E-state index in [1.165, 1.54) is 18.3 Å². The van der Waals surface area contributed by atoms with Gasteiger partial charge in [-0.05, 0) is 29.2 Å². The summed E-state index contributed by atoms with van der Waals surface area (Å²) in [4.78, 5) is 24.8. The number of carboxylic acids is 1. The summed E-state index contributed by atoms with van der Waals surface area (Å²) in [5.74, 6) is -1.64. The average Bonchev–Trinajstić information content (AvgIpc) is 2.77. The van der Waals surface area contributed by atoms with Crippen LogP contribution in [0.1, 0.15) is 41.4 Å². The summed E-state index contributed by atoms with van der Waals surface area (Å²) in [5, 5.41) is 19.7. The molecule has 0 fully saturated rings. The van der Waals surface area contributed by atoms with E-state index in [2.05, 4.69) is 0 Å². The Bertz CT molecular complexity index is 1240. The number of benzene rings is 2. The molecule has 3 aromatic rings. The van der Waals surface area contributed by atoms with Crippen LogP contribution in [0.15, 0.2) is 41.3 Å². The molecule has 0 aliphatic heterocycles. The molecule has 0 bridgehead atoms. The number of aliphatic hydroxyl groups excluding tert-OH is 1. The Kier molecular flexibility index (Phi) is 7.73. The van der Waals surface area contributed by atoms with Gasteiger partial charge in [-0.2, -0.15) is 0 Å². The van der Waals surface area contributed by atoms with Crippen molar-refractivity contribution >= 4 is 28.5 Å². The summed E-state index contributed by atoms with van der Waals surface area (Å²) in [6.45, 7) is 3.92. The highest BCUT2D eigenvalue weighted by Crippen LogP contribution is 2.31. The molecule has 0 saturated heterocycles. The van der Waals surface area contributed by atoms with E-state index in [-0.39, 0.29) is 42.5 Å². The van der Waals surface area contributed by atoms with Gasteiger partial charge in [0.25, 0.3) is 0 Å². The van der Waals surface area contributed by atoms with Crippen LogP contribution in [0.3, 0.4) is 0 Å². The third-order valence-corrected chi connectivity index (χ3v) is 5.84. The Morgan fingerprint density at radius 1 is 1.27 bits per heavy atom. The molecule has 0 amide bonds. The lowest BCUT2D eigenvalue weighted by Gasteiger charge is -2.25. The lowest BCUT2D eigenvalue weighted by atomic mass is 9.98. The first-order valence-corrected chi connectivity index (χ1v) is 10.9. The van der Waals surface area contributed by atoms with Gasteiger partial charge in [0.2, 0.25) is 5.43 Å². The maximum atomic E-state index is 14.6. The zero-order chi connectivity index (χ0) is 24.3. The molecular weight excluding hydrogens is 451 g/mol. The van der Waals surface area contributed by atoms with Crippen molar-refractivity contribution in [3.8, 4) is 5.75 Å². The monoisotopic (exact) mass is 476 g/mol. The zero-order valence-corrected chi connectivity index (χ0v) is 19.1. The molecule has 0 aliphatic rings. The number of rotatable bonds is 9. The smallest absolute Gasteiger partial charge is 0.341 e. The second-order valence-corrected chi connectivity index (χ2v) is 8.49. The van der Waals surface area contributed by atoms with Crippen LogP contribution in [0.4, 0.5) is 4.39 Å². The van der Waals surface area contributed by atoms with Crippen molar-refractivity contribution in [1.82, 2.24) is 4.57 Å². The first-order chi connectivity index (χ1) is 15.7. The van der Waals surface area contributed by atoms with Gasteiger partial charge in [0.15, 0.2) is 0 Å². The Balaban J connectivity index is 2.33. The zero-order valence-electron chi connectivity index (χ0n) is 18.3. The third kappa shape index (κ3) is 5.03. The van der Waals surface area contributed by atoms with Crippen molar-refractivity contribution < 1.29 is 24.1 Å². The molecule has 0 unspecified atom stereocenters. The first-order valence-electron chi connectivity index (χ1n) is 10.5. The number of nitrogens with two attached hydrogens (primary N) is 1. The van der Waals surface area contributed by atoms with E-state index in [9.17, 15) is 24.2 Å². The van der Waals surface area contributed by atoms with Gasteiger partial charge in [-0.15, -0.1) is 0 Å². The van der Waals surface area contributed by atoms with Gasteiger partial charge in [0.05, 0.1) is 23.2 Å². The Hall–Kier alpha value is -2.94. The molecule has 0 radical (unpaired) electrons. The van der Waals surface area contributed by atoms with Crippen molar-refractivity contribution in [3.05, 3.63) is 74.3 Å². The minimum Gasteiger partial charge on any atom is -0.492 e. The molecular formula is C24H26ClFN2O5. The minimum absolute atomic E-state index is 0.0315. The molecule has 9 heteroatoms. The second kappa shape index (κ2) is 10.3. The molecule has 4 N–H and O–H groups in total. The van der Waals surface area contributed by atoms with Crippen LogP contribution in [0.5, 0.6) is 5.75 Å². The van der Waals surface area contributed by atoms with Gasteiger partial charge in [-0.1, -0.05) is 37.6 Å². The van der Waals surface area contributed by atoms with Crippen molar-refractivity contribution in [2.45, 2.75) is 26.3 Å². The van der Waals surface area contributed by atoms with Gasteiger partial charge in [0, 0.05) is 30.6 Å². The van der Waals surface area contributed by atoms with E-state index in [0.717, 1.165) is 0 Å². The SMILES string of the molecule is CC(C)[C@@H](CO)n1cc(C(=O)O)c(=O)c2cc(Cc3cccc(Cl)c3F)c(OCCN)cc21. The number of pyridine rings is 1. The van der Waals surface area contributed by atoms with Crippen molar-refractivity contribution in [2.24, 2.45) is 11.7 Å². The number of halogens is 2. The fourth-order valence-electron chi connectivity index (χ4n) is 3.80. The van der Waals surface area contributed by atoms with E-state index in [1.807, 2.05) is 13.8 Å². The lowest BCUT2D eigenvalue weighted by Crippen LogP contribution is -2.25. The molecule has 176 valence electrons. The second-order valence-electron chi connectivity index (χ2n) is 8.08. The third-order valence-electron chi connectivity index (χ3n) is 5.55. The summed E-state index contributed by atoms with van der Waals surface area (Å²) in [7, 11) is 0. The molecule has 7 nitrogen and oxygen atoms in total. The number of carboxylic acid groups (broad SMARTS) is 1. The van der Waals surface area contributed by atoms with E-state index in [0.29, 0.717) is 22.4 Å². The molecule has 0 saturated carbocycles. The Morgan fingerprint density at radius 3 is 2.61 bits per heavy atom. The average molecular weight is 477 g/mol. The quantitative estimate of drug-likeness (QED) is 0.434. The number of aromatic nitrogens is 1. The molecule has 0 spiro atoms. The van der Waals surface area contributed by atoms with Crippen LogP contribution >= 0.6 is 11.6 Å². The molecule has 3 rings (SSSR count). The molecule has 1 aromatic heterocycles. The fourth-order valence-corrected chi connectivity index (χ4v) is 3.99. The maximum absolute atomic E-state index is 14.6. The van der Waals surface area contributed by atoms with E-state index < -0.39 is 28.8 Å². The summed E-state index contributed by atoms with van der Waals surface area (Å²) in [6, 6.07) is 7.27. The number of hydrogen-bond donors (Lipinski definition) is 3. The van der Waals surface area contributed by atoms with E-state index in [1.54, 1.807) is 22.8 Å². The summed E-state index contributed by atoms with van der Waals surface area (Å²) >= 11 is 5.92. The van der Waals surface area contributed by atoms with Crippen LogP contribution in [0.25, 0.3) is 10.9 Å². The largest absolute Gasteiger partial charge is 0.492 e. The van der Waals surface area contributed by atoms with Crippen molar-refractivity contribution in [2.75, 3.05) is 19.8 Å². The topological polar surface area (TPSA) is 115 Å². The van der Waals surface area contributed by atoms with E-state index in [4.69, 9.17) is 22.1 Å². The highest BCUT2D eigenvalue weighted by atomic mass is 35.5. The van der Waals surface area contributed by atoms with Crippen LogP contribution in [0, 0.1) is 11.7 Å².